The van der Waals surface area contributed by atoms with Crippen molar-refractivity contribution in [3.63, 3.8) is 0 Å². The van der Waals surface area contributed by atoms with Crippen molar-refractivity contribution >= 4 is 11.6 Å². The largest absolute Gasteiger partial charge is 0.124 e. The summed E-state index contributed by atoms with van der Waals surface area (Å²) in [4.78, 5) is 0. The van der Waals surface area contributed by atoms with E-state index in [2.05, 4.69) is 19.1 Å². The van der Waals surface area contributed by atoms with Gasteiger partial charge in [0.25, 0.3) is 0 Å². The molecule has 15 heavy (non-hydrogen) atoms. The Balaban J connectivity index is 2.03. The summed E-state index contributed by atoms with van der Waals surface area (Å²) in [6.45, 7) is 4.24. The van der Waals surface area contributed by atoms with Crippen LogP contribution in [-0.4, -0.2) is 0 Å². The lowest BCUT2D eigenvalue weighted by molar-refractivity contribution is 0.653. The molecule has 0 aromatic carbocycles. The van der Waals surface area contributed by atoms with Crippen molar-refractivity contribution in [1.82, 2.24) is 0 Å². The van der Waals surface area contributed by atoms with Crippen LogP contribution in [0.5, 0.6) is 0 Å². The van der Waals surface area contributed by atoms with E-state index in [0.29, 0.717) is 0 Å². The maximum absolute atomic E-state index is 6.03. The van der Waals surface area contributed by atoms with Crippen LogP contribution in [0.15, 0.2) is 46.6 Å². The summed E-state index contributed by atoms with van der Waals surface area (Å²) < 4.78 is 0. The van der Waals surface area contributed by atoms with Crippen molar-refractivity contribution in [2.24, 2.45) is 11.8 Å². The fourth-order valence-electron chi connectivity index (χ4n) is 3.12. The summed E-state index contributed by atoms with van der Waals surface area (Å²) in [6, 6.07) is 0. The molecule has 0 aromatic heterocycles. The normalized spacial score (nSPS) is 38.2. The molecule has 2 saturated carbocycles. The first-order valence-corrected chi connectivity index (χ1v) is 5.95. The van der Waals surface area contributed by atoms with E-state index in [4.69, 9.17) is 11.6 Å². The fourth-order valence-corrected chi connectivity index (χ4v) is 3.31. The molecule has 0 N–H and O–H groups in total. The van der Waals surface area contributed by atoms with E-state index in [0.717, 1.165) is 16.9 Å². The van der Waals surface area contributed by atoms with Gasteiger partial charge in [-0.25, -0.2) is 0 Å². The van der Waals surface area contributed by atoms with Gasteiger partial charge >= 0.3 is 0 Å². The van der Waals surface area contributed by atoms with Gasteiger partial charge in [0, 0.05) is 30.1 Å². The smallest absolute Gasteiger partial charge is 0.0853 e. The lowest BCUT2D eigenvalue weighted by atomic mass is 9.85. The zero-order chi connectivity index (χ0) is 10.4. The van der Waals surface area contributed by atoms with E-state index in [1.165, 1.54) is 36.0 Å². The highest BCUT2D eigenvalue weighted by Crippen LogP contribution is 2.52. The van der Waals surface area contributed by atoms with Crippen LogP contribution in [0.25, 0.3) is 0 Å². The molecule has 1 heteroatoms. The Morgan fingerprint density at radius 1 is 1.33 bits per heavy atom. The molecule has 0 nitrogen and oxygen atoms in total. The molecule has 0 radical (unpaired) electrons. The summed E-state index contributed by atoms with van der Waals surface area (Å²) in [5.74, 6) is 1.50. The summed E-state index contributed by atoms with van der Waals surface area (Å²) in [5.41, 5.74) is 4.14. The number of rotatable bonds is 0. The average Bonchev–Trinajstić information content (AvgIpc) is 2.77. The SMILES string of the molecule is C=C1/C(=C2\C=C(Cl)C=C[CH+]2)C2CCC1C2. The molecule has 0 aliphatic heterocycles. The highest BCUT2D eigenvalue weighted by Gasteiger charge is 2.43. The molecule has 2 atom stereocenters. The minimum atomic E-state index is 0.751. The van der Waals surface area contributed by atoms with E-state index >= 15 is 0 Å². The lowest BCUT2D eigenvalue weighted by Crippen LogP contribution is -2.05. The Labute approximate surface area is 96.0 Å². The molecular formula is C14H14Cl+. The Bertz CT molecular complexity index is 409. The standard InChI is InChI=1S/C14H14Cl/c1-9-10-5-6-12(7-10)14(9)11-3-2-4-13(15)8-11/h2-4,8,10,12H,1,5-7H2/q+1/b14-11+. The first-order valence-electron chi connectivity index (χ1n) is 5.57. The number of hydrogen-bond acceptors (Lipinski definition) is 0. The zero-order valence-corrected chi connectivity index (χ0v) is 9.43. The Kier molecular flexibility index (Phi) is 2.07. The van der Waals surface area contributed by atoms with Crippen molar-refractivity contribution in [2.75, 3.05) is 0 Å². The molecule has 0 heterocycles. The van der Waals surface area contributed by atoms with Gasteiger partial charge in [-0.2, -0.15) is 0 Å². The number of halogens is 1. The van der Waals surface area contributed by atoms with Crippen LogP contribution in [-0.2, 0) is 0 Å². The predicted molar refractivity (Wildman–Crippen MR) is 64.4 cm³/mol. The van der Waals surface area contributed by atoms with Crippen LogP contribution in [0.1, 0.15) is 19.3 Å². The first-order chi connectivity index (χ1) is 7.25. The third-order valence-electron chi connectivity index (χ3n) is 3.82. The highest BCUT2D eigenvalue weighted by atomic mass is 35.5. The molecular weight excluding hydrogens is 204 g/mol. The van der Waals surface area contributed by atoms with Crippen molar-refractivity contribution < 1.29 is 0 Å². The van der Waals surface area contributed by atoms with Crippen molar-refractivity contribution in [1.29, 1.82) is 0 Å². The number of fused-ring (bicyclic) bond motifs is 2. The Morgan fingerprint density at radius 2 is 2.13 bits per heavy atom. The van der Waals surface area contributed by atoms with Crippen molar-refractivity contribution in [3.8, 4) is 0 Å². The Hall–Kier alpha value is -0.880. The molecule has 0 saturated heterocycles. The second kappa shape index (κ2) is 3.31. The van der Waals surface area contributed by atoms with Gasteiger partial charge in [0.05, 0.1) is 6.08 Å². The third kappa shape index (κ3) is 1.39. The molecule has 2 fully saturated rings. The average molecular weight is 218 g/mol. The zero-order valence-electron chi connectivity index (χ0n) is 8.67. The van der Waals surface area contributed by atoms with Crippen LogP contribution >= 0.6 is 11.6 Å². The van der Waals surface area contributed by atoms with Gasteiger partial charge in [0.1, 0.15) is 10.6 Å². The summed E-state index contributed by atoms with van der Waals surface area (Å²) in [6.07, 6.45) is 12.2. The summed E-state index contributed by atoms with van der Waals surface area (Å²) >= 11 is 6.03. The molecule has 0 spiro atoms. The van der Waals surface area contributed by atoms with E-state index < -0.39 is 0 Å². The van der Waals surface area contributed by atoms with E-state index in [9.17, 15) is 0 Å². The molecule has 3 aliphatic rings. The minimum Gasteiger partial charge on any atom is -0.0853 e. The van der Waals surface area contributed by atoms with Gasteiger partial charge in [0.2, 0.25) is 0 Å². The highest BCUT2D eigenvalue weighted by molar-refractivity contribution is 6.31. The van der Waals surface area contributed by atoms with Gasteiger partial charge in [-0.05, 0) is 30.8 Å². The van der Waals surface area contributed by atoms with Gasteiger partial charge in [-0.15, -0.1) is 0 Å². The van der Waals surface area contributed by atoms with Gasteiger partial charge in [0.15, 0.2) is 0 Å². The summed E-state index contributed by atoms with van der Waals surface area (Å²) in [5, 5.41) is 0.829. The van der Waals surface area contributed by atoms with Crippen LogP contribution in [0.4, 0.5) is 0 Å². The predicted octanol–water partition coefficient (Wildman–Crippen LogP) is 4.17. The maximum Gasteiger partial charge on any atom is 0.124 e. The molecule has 2 unspecified atom stereocenters. The van der Waals surface area contributed by atoms with Crippen LogP contribution in [0.2, 0.25) is 0 Å². The quantitative estimate of drug-likeness (QED) is 0.535. The number of hydrogen-bond donors (Lipinski definition) is 0. The van der Waals surface area contributed by atoms with Gasteiger partial charge in [-0.1, -0.05) is 18.2 Å². The molecule has 0 aromatic rings. The molecule has 3 rings (SSSR count). The lowest BCUT2D eigenvalue weighted by Gasteiger charge is -2.15. The monoisotopic (exact) mass is 217 g/mol. The Morgan fingerprint density at radius 3 is 2.80 bits per heavy atom. The number of allylic oxidation sites excluding steroid dienone is 7. The fraction of sp³-hybridized carbons (Fsp3) is 0.357. The topological polar surface area (TPSA) is 0 Å². The van der Waals surface area contributed by atoms with Crippen LogP contribution in [0.3, 0.4) is 0 Å². The molecule has 2 bridgehead atoms. The van der Waals surface area contributed by atoms with E-state index in [1.807, 2.05) is 12.2 Å². The summed E-state index contributed by atoms with van der Waals surface area (Å²) in [7, 11) is 0. The van der Waals surface area contributed by atoms with E-state index in [1.54, 1.807) is 0 Å². The minimum absolute atomic E-state index is 0.751. The van der Waals surface area contributed by atoms with Crippen molar-refractivity contribution in [2.45, 2.75) is 19.3 Å². The van der Waals surface area contributed by atoms with Crippen LogP contribution < -0.4 is 0 Å². The van der Waals surface area contributed by atoms with Crippen LogP contribution in [0, 0.1) is 18.3 Å². The van der Waals surface area contributed by atoms with E-state index in [-0.39, 0.29) is 0 Å². The van der Waals surface area contributed by atoms with Gasteiger partial charge in [-0.3, -0.25) is 0 Å². The molecule has 0 amide bonds. The maximum atomic E-state index is 6.03. The van der Waals surface area contributed by atoms with Gasteiger partial charge < -0.3 is 0 Å². The second-order valence-electron chi connectivity index (χ2n) is 4.66. The molecule has 76 valence electrons. The van der Waals surface area contributed by atoms with Crippen molar-refractivity contribution in [3.05, 3.63) is 53.0 Å². The second-order valence-corrected chi connectivity index (χ2v) is 5.09. The third-order valence-corrected chi connectivity index (χ3v) is 4.05. The molecule has 3 aliphatic carbocycles. The first kappa shape index (κ1) is 9.35.